The highest BCUT2D eigenvalue weighted by Crippen LogP contribution is 2.41. The number of nitrogens with zero attached hydrogens (tertiary/aromatic N) is 6. The molecular formula is C62H36N6. The van der Waals surface area contributed by atoms with Crippen LogP contribution in [0.15, 0.2) is 218 Å². The quantitative estimate of drug-likeness (QED) is 0.173. The molecule has 6 heteroatoms. The number of fused-ring (bicyclic) bond motifs is 12. The van der Waals surface area contributed by atoms with E-state index >= 15 is 0 Å². The van der Waals surface area contributed by atoms with Crippen LogP contribution in [0.5, 0.6) is 0 Å². The third kappa shape index (κ3) is 5.31. The van der Waals surface area contributed by atoms with E-state index in [4.69, 9.17) is 0 Å². The SMILES string of the molecule is N#Cc1ccc(-n2c3ccccc3c3cc(-n4c5ccccc5c5ccccc54)ccc32)cc1-c1cc(-n2c3ccccc3c3cc(-n4c5ccccc5c5ccccc54)ccc32)ccc1C#N. The van der Waals surface area contributed by atoms with Crippen LogP contribution in [0.25, 0.3) is 121 Å². The van der Waals surface area contributed by atoms with E-state index in [-0.39, 0.29) is 0 Å². The van der Waals surface area contributed by atoms with Gasteiger partial charge in [0.05, 0.1) is 67.4 Å². The summed E-state index contributed by atoms with van der Waals surface area (Å²) in [4.78, 5) is 0. The number of hydrogen-bond acceptors (Lipinski definition) is 2. The topological polar surface area (TPSA) is 67.3 Å². The summed E-state index contributed by atoms with van der Waals surface area (Å²) in [5, 5.41) is 30.8. The molecule has 14 rings (SSSR count). The standard InChI is InChI=1S/C62H36N6/c63-37-39-25-27-41(67-59-23-11-5-17-49(59)53-35-43(29-31-61(53)67)65-55-19-7-1-13-45(55)46-14-2-8-20-56(46)65)33-51(39)52-34-42(28-26-40(52)38-64)68-60-24-12-6-18-50(60)54-36-44(30-32-62(54)68)66-57-21-9-3-15-47(57)48-16-4-10-22-58(48)66/h1-36H. The molecule has 314 valence electrons. The maximum absolute atomic E-state index is 10.7. The second-order valence-electron chi connectivity index (χ2n) is 17.5. The summed E-state index contributed by atoms with van der Waals surface area (Å²) in [5.74, 6) is 0. The predicted octanol–water partition coefficient (Wildman–Crippen LogP) is 15.5. The number of hydrogen-bond donors (Lipinski definition) is 0. The Hall–Kier alpha value is -9.62. The van der Waals surface area contributed by atoms with Crippen molar-refractivity contribution in [3.63, 3.8) is 0 Å². The molecular weight excluding hydrogens is 829 g/mol. The van der Waals surface area contributed by atoms with Crippen molar-refractivity contribution in [3.05, 3.63) is 230 Å². The highest BCUT2D eigenvalue weighted by molar-refractivity contribution is 6.14. The van der Waals surface area contributed by atoms with Gasteiger partial charge < -0.3 is 18.3 Å². The Labute approximate surface area is 389 Å². The van der Waals surface area contributed by atoms with Crippen molar-refractivity contribution in [1.82, 2.24) is 18.3 Å². The molecule has 0 atom stereocenters. The molecule has 0 aliphatic heterocycles. The Morgan fingerprint density at radius 3 is 0.765 bits per heavy atom. The first kappa shape index (κ1) is 37.7. The Bertz CT molecular complexity index is 4140. The number of rotatable bonds is 5. The molecule has 14 aromatic rings. The van der Waals surface area contributed by atoms with Crippen LogP contribution in [0.3, 0.4) is 0 Å². The zero-order valence-electron chi connectivity index (χ0n) is 36.5. The summed E-state index contributed by atoms with van der Waals surface area (Å²) in [5.41, 5.74) is 15.2. The molecule has 0 aliphatic carbocycles. The number of aromatic nitrogens is 4. The van der Waals surface area contributed by atoms with Gasteiger partial charge in [0, 0.05) is 77.0 Å². The van der Waals surface area contributed by atoms with Crippen LogP contribution in [-0.4, -0.2) is 18.3 Å². The first-order valence-electron chi connectivity index (χ1n) is 22.8. The minimum Gasteiger partial charge on any atom is -0.309 e. The van der Waals surface area contributed by atoms with Crippen molar-refractivity contribution in [1.29, 1.82) is 10.5 Å². The van der Waals surface area contributed by atoms with E-state index in [0.717, 1.165) is 88.4 Å². The molecule has 4 aromatic heterocycles. The van der Waals surface area contributed by atoms with Crippen LogP contribution in [0.2, 0.25) is 0 Å². The van der Waals surface area contributed by atoms with Gasteiger partial charge in [0.25, 0.3) is 0 Å². The Balaban J connectivity index is 0.940. The number of nitriles is 2. The molecule has 0 fully saturated rings. The lowest BCUT2D eigenvalue weighted by Gasteiger charge is -2.15. The molecule has 4 heterocycles. The van der Waals surface area contributed by atoms with Crippen LogP contribution < -0.4 is 0 Å². The molecule has 0 saturated carbocycles. The monoisotopic (exact) mass is 864 g/mol. The molecule has 0 amide bonds. The third-order valence-corrected chi connectivity index (χ3v) is 14.0. The van der Waals surface area contributed by atoms with Crippen molar-refractivity contribution < 1.29 is 0 Å². The first-order valence-corrected chi connectivity index (χ1v) is 22.8. The molecule has 0 bridgehead atoms. The summed E-state index contributed by atoms with van der Waals surface area (Å²) in [6.45, 7) is 0. The molecule has 68 heavy (non-hydrogen) atoms. The summed E-state index contributed by atoms with van der Waals surface area (Å²) >= 11 is 0. The minimum atomic E-state index is 0.495. The van der Waals surface area contributed by atoms with Gasteiger partial charge in [-0.15, -0.1) is 0 Å². The molecule has 6 nitrogen and oxygen atoms in total. The van der Waals surface area contributed by atoms with Crippen LogP contribution >= 0.6 is 0 Å². The summed E-state index contributed by atoms with van der Waals surface area (Å²) in [7, 11) is 0. The fourth-order valence-corrected chi connectivity index (χ4v) is 11.1. The normalized spacial score (nSPS) is 11.8. The van der Waals surface area contributed by atoms with Gasteiger partial charge in [-0.1, -0.05) is 109 Å². The fourth-order valence-electron chi connectivity index (χ4n) is 11.1. The lowest BCUT2D eigenvalue weighted by molar-refractivity contribution is 1.16. The van der Waals surface area contributed by atoms with Gasteiger partial charge in [0.1, 0.15) is 0 Å². The Morgan fingerprint density at radius 1 is 0.235 bits per heavy atom. The number of benzene rings is 10. The third-order valence-electron chi connectivity index (χ3n) is 14.0. The largest absolute Gasteiger partial charge is 0.309 e. The van der Waals surface area contributed by atoms with E-state index in [2.05, 4.69) is 225 Å². The smallest absolute Gasteiger partial charge is 0.0998 e. The van der Waals surface area contributed by atoms with Gasteiger partial charge in [0.15, 0.2) is 0 Å². The maximum Gasteiger partial charge on any atom is 0.0998 e. The zero-order chi connectivity index (χ0) is 45.0. The fraction of sp³-hybridized carbons (Fsp3) is 0. The second kappa shape index (κ2) is 14.4. The lowest BCUT2D eigenvalue weighted by atomic mass is 9.95. The molecule has 0 unspecified atom stereocenters. The molecule has 0 N–H and O–H groups in total. The summed E-state index contributed by atoms with van der Waals surface area (Å²) in [6, 6.07) is 81.7. The Kier molecular flexibility index (Phi) is 8.01. The van der Waals surface area contributed by atoms with Crippen molar-refractivity contribution >= 4 is 87.2 Å². The molecule has 0 saturated heterocycles. The first-order chi connectivity index (χ1) is 33.7. The van der Waals surface area contributed by atoms with Crippen LogP contribution in [-0.2, 0) is 0 Å². The Morgan fingerprint density at radius 2 is 0.471 bits per heavy atom. The van der Waals surface area contributed by atoms with Gasteiger partial charge in [0.2, 0.25) is 0 Å². The summed E-state index contributed by atoms with van der Waals surface area (Å²) in [6.07, 6.45) is 0. The van der Waals surface area contributed by atoms with Crippen LogP contribution in [0, 0.1) is 22.7 Å². The van der Waals surface area contributed by atoms with Gasteiger partial charge in [-0.3, -0.25) is 0 Å². The second-order valence-corrected chi connectivity index (χ2v) is 17.5. The van der Waals surface area contributed by atoms with Gasteiger partial charge >= 0.3 is 0 Å². The molecule has 0 spiro atoms. The minimum absolute atomic E-state index is 0.495. The predicted molar refractivity (Wildman–Crippen MR) is 279 cm³/mol. The average Bonchev–Trinajstić information content (AvgIpc) is 4.13. The van der Waals surface area contributed by atoms with E-state index in [1.54, 1.807) is 0 Å². The van der Waals surface area contributed by atoms with E-state index in [1.165, 1.54) is 21.5 Å². The average molecular weight is 865 g/mol. The van der Waals surface area contributed by atoms with E-state index in [1.807, 2.05) is 24.3 Å². The van der Waals surface area contributed by atoms with E-state index < -0.39 is 0 Å². The van der Waals surface area contributed by atoms with Gasteiger partial charge in [-0.05, 0) is 109 Å². The van der Waals surface area contributed by atoms with Crippen LogP contribution in [0.4, 0.5) is 0 Å². The maximum atomic E-state index is 10.7. The van der Waals surface area contributed by atoms with Crippen molar-refractivity contribution in [2.24, 2.45) is 0 Å². The molecule has 0 radical (unpaired) electrons. The zero-order valence-corrected chi connectivity index (χ0v) is 36.5. The lowest BCUT2D eigenvalue weighted by Crippen LogP contribution is -1.99. The van der Waals surface area contributed by atoms with E-state index in [9.17, 15) is 10.5 Å². The van der Waals surface area contributed by atoms with Gasteiger partial charge in [-0.2, -0.15) is 10.5 Å². The molecule has 10 aromatic carbocycles. The van der Waals surface area contributed by atoms with Crippen LogP contribution in [0.1, 0.15) is 11.1 Å². The summed E-state index contributed by atoms with van der Waals surface area (Å²) < 4.78 is 9.27. The van der Waals surface area contributed by atoms with Crippen molar-refractivity contribution in [3.8, 4) is 46.0 Å². The molecule has 0 aliphatic rings. The van der Waals surface area contributed by atoms with Crippen molar-refractivity contribution in [2.45, 2.75) is 0 Å². The van der Waals surface area contributed by atoms with Crippen molar-refractivity contribution in [2.75, 3.05) is 0 Å². The number of para-hydroxylation sites is 6. The van der Waals surface area contributed by atoms with E-state index in [0.29, 0.717) is 22.3 Å². The van der Waals surface area contributed by atoms with Gasteiger partial charge in [-0.25, -0.2) is 0 Å². The highest BCUT2D eigenvalue weighted by atomic mass is 15.0. The highest BCUT2D eigenvalue weighted by Gasteiger charge is 2.21.